The maximum Gasteiger partial charge on any atom is 0.253 e. The molecule has 2 aliphatic rings. The summed E-state index contributed by atoms with van der Waals surface area (Å²) in [5, 5.41) is 0. The van der Waals surface area contributed by atoms with E-state index in [9.17, 15) is 13.2 Å². The molecule has 25 heavy (non-hydrogen) atoms. The van der Waals surface area contributed by atoms with Crippen LogP contribution >= 0.6 is 0 Å². The molecular formula is C17H24N2O5S. The number of hydrogen-bond acceptors (Lipinski definition) is 5. The van der Waals surface area contributed by atoms with Crippen LogP contribution in [0.4, 0.5) is 0 Å². The van der Waals surface area contributed by atoms with Gasteiger partial charge >= 0.3 is 0 Å². The van der Waals surface area contributed by atoms with Crippen molar-refractivity contribution in [1.82, 2.24) is 9.62 Å². The lowest BCUT2D eigenvalue weighted by Crippen LogP contribution is -2.47. The SMILES string of the molecule is CNS(=O)(=O)c1cc(C(=O)N2CCC3(CC2)OCCO3)cc(C)c1C. The molecule has 0 bridgehead atoms. The summed E-state index contributed by atoms with van der Waals surface area (Å²) in [6.07, 6.45) is 1.26. The van der Waals surface area contributed by atoms with Crippen LogP contribution in [0.15, 0.2) is 17.0 Å². The third-order valence-electron chi connectivity index (χ3n) is 5.05. The number of aryl methyl sites for hydroxylation is 1. The van der Waals surface area contributed by atoms with Crippen molar-refractivity contribution in [2.45, 2.75) is 37.4 Å². The number of carbonyl (C=O) groups excluding carboxylic acids is 1. The summed E-state index contributed by atoms with van der Waals surface area (Å²) in [4.78, 5) is 14.7. The molecule has 1 spiro atoms. The predicted molar refractivity (Wildman–Crippen MR) is 91.9 cm³/mol. The first-order chi connectivity index (χ1) is 11.8. The first kappa shape index (κ1) is 18.3. The van der Waals surface area contributed by atoms with Crippen molar-refractivity contribution in [3.63, 3.8) is 0 Å². The second kappa shape index (κ2) is 6.68. The summed E-state index contributed by atoms with van der Waals surface area (Å²) in [5.41, 5.74) is 1.81. The van der Waals surface area contributed by atoms with Gasteiger partial charge in [-0.05, 0) is 44.2 Å². The Morgan fingerprint density at radius 2 is 1.76 bits per heavy atom. The molecule has 1 aromatic rings. The summed E-state index contributed by atoms with van der Waals surface area (Å²) in [6.45, 7) is 5.80. The van der Waals surface area contributed by atoms with Crippen molar-refractivity contribution in [2.24, 2.45) is 0 Å². The van der Waals surface area contributed by atoms with Gasteiger partial charge in [-0.25, -0.2) is 13.1 Å². The first-order valence-corrected chi connectivity index (χ1v) is 9.88. The van der Waals surface area contributed by atoms with Crippen LogP contribution < -0.4 is 4.72 Å². The molecule has 0 atom stereocenters. The largest absolute Gasteiger partial charge is 0.347 e. The third kappa shape index (κ3) is 3.44. The van der Waals surface area contributed by atoms with Gasteiger partial charge in [0.05, 0.1) is 18.1 Å². The number of piperidine rings is 1. The zero-order valence-electron chi connectivity index (χ0n) is 14.8. The van der Waals surface area contributed by atoms with Crippen molar-refractivity contribution in [1.29, 1.82) is 0 Å². The number of benzene rings is 1. The van der Waals surface area contributed by atoms with Gasteiger partial charge < -0.3 is 14.4 Å². The molecule has 3 rings (SSSR count). The molecule has 0 saturated carbocycles. The molecule has 1 amide bonds. The summed E-state index contributed by atoms with van der Waals surface area (Å²) in [7, 11) is -2.25. The van der Waals surface area contributed by atoms with Gasteiger partial charge in [0.15, 0.2) is 5.79 Å². The number of likely N-dealkylation sites (tertiary alicyclic amines) is 1. The molecule has 0 unspecified atom stereocenters. The fraction of sp³-hybridized carbons (Fsp3) is 0.588. The van der Waals surface area contributed by atoms with Crippen LogP contribution in [0.2, 0.25) is 0 Å². The maximum atomic E-state index is 12.9. The molecule has 2 saturated heterocycles. The van der Waals surface area contributed by atoms with E-state index in [1.807, 2.05) is 6.92 Å². The third-order valence-corrected chi connectivity index (χ3v) is 6.59. The molecule has 2 aliphatic heterocycles. The predicted octanol–water partition coefficient (Wildman–Crippen LogP) is 1.19. The van der Waals surface area contributed by atoms with Crippen LogP contribution in [0.25, 0.3) is 0 Å². The van der Waals surface area contributed by atoms with Crippen molar-refractivity contribution in [3.8, 4) is 0 Å². The molecule has 8 heteroatoms. The standard InChI is InChI=1S/C17H24N2O5S/c1-12-10-14(11-15(13(12)2)25(21,22)18-3)16(20)19-6-4-17(5-7-19)23-8-9-24-17/h10-11,18H,4-9H2,1-3H3. The van der Waals surface area contributed by atoms with Gasteiger partial charge in [0, 0.05) is 31.5 Å². The van der Waals surface area contributed by atoms with E-state index in [2.05, 4.69) is 4.72 Å². The van der Waals surface area contributed by atoms with Gasteiger partial charge in [0.1, 0.15) is 0 Å². The molecule has 2 heterocycles. The smallest absolute Gasteiger partial charge is 0.253 e. The molecule has 1 N–H and O–H groups in total. The summed E-state index contributed by atoms with van der Waals surface area (Å²) >= 11 is 0. The Balaban J connectivity index is 1.83. The maximum absolute atomic E-state index is 12.9. The lowest BCUT2D eigenvalue weighted by molar-refractivity contribution is -0.181. The van der Waals surface area contributed by atoms with Crippen LogP contribution in [0.1, 0.15) is 34.3 Å². The molecule has 7 nitrogen and oxygen atoms in total. The van der Waals surface area contributed by atoms with Gasteiger partial charge in [-0.15, -0.1) is 0 Å². The minimum absolute atomic E-state index is 0.147. The molecule has 0 aromatic heterocycles. The minimum Gasteiger partial charge on any atom is -0.347 e. The number of ether oxygens (including phenoxy) is 2. The fourth-order valence-corrected chi connectivity index (χ4v) is 4.42. The molecule has 1 aromatic carbocycles. The quantitative estimate of drug-likeness (QED) is 0.866. The van der Waals surface area contributed by atoms with Gasteiger partial charge in [-0.1, -0.05) is 0 Å². The first-order valence-electron chi connectivity index (χ1n) is 8.40. The Bertz CT molecular complexity index is 774. The molecule has 2 fully saturated rings. The number of sulfonamides is 1. The lowest BCUT2D eigenvalue weighted by atomic mass is 10.0. The van der Waals surface area contributed by atoms with Crippen LogP contribution in [-0.4, -0.2) is 58.4 Å². The number of carbonyl (C=O) groups is 1. The lowest BCUT2D eigenvalue weighted by Gasteiger charge is -2.37. The van der Waals surface area contributed by atoms with Crippen LogP contribution in [0, 0.1) is 13.8 Å². The summed E-state index contributed by atoms with van der Waals surface area (Å²) in [5.74, 6) is -0.704. The highest BCUT2D eigenvalue weighted by molar-refractivity contribution is 7.89. The number of amides is 1. The van der Waals surface area contributed by atoms with Crippen molar-refractivity contribution in [3.05, 3.63) is 28.8 Å². The summed E-state index contributed by atoms with van der Waals surface area (Å²) in [6, 6.07) is 3.21. The summed E-state index contributed by atoms with van der Waals surface area (Å²) < 4.78 is 38.1. The van der Waals surface area contributed by atoms with Crippen molar-refractivity contribution in [2.75, 3.05) is 33.4 Å². The number of rotatable bonds is 3. The van der Waals surface area contributed by atoms with E-state index in [-0.39, 0.29) is 10.8 Å². The Kier molecular flexibility index (Phi) is 4.89. The van der Waals surface area contributed by atoms with Crippen LogP contribution in [0.3, 0.4) is 0 Å². The molecule has 138 valence electrons. The average Bonchev–Trinajstić information content (AvgIpc) is 3.05. The van der Waals surface area contributed by atoms with Gasteiger partial charge in [-0.2, -0.15) is 0 Å². The Morgan fingerprint density at radius 1 is 1.16 bits per heavy atom. The van der Waals surface area contributed by atoms with Gasteiger partial charge in [-0.3, -0.25) is 4.79 Å². The van der Waals surface area contributed by atoms with E-state index in [1.54, 1.807) is 17.9 Å². The Hall–Kier alpha value is -1.48. The highest BCUT2D eigenvalue weighted by Crippen LogP contribution is 2.32. The zero-order chi connectivity index (χ0) is 18.2. The van der Waals surface area contributed by atoms with E-state index in [4.69, 9.17) is 9.47 Å². The second-order valence-electron chi connectivity index (χ2n) is 6.52. The normalized spacial score (nSPS) is 20.2. The average molecular weight is 368 g/mol. The second-order valence-corrected chi connectivity index (χ2v) is 8.38. The highest BCUT2D eigenvalue weighted by atomic mass is 32.2. The Labute approximate surface area is 148 Å². The molecule has 0 radical (unpaired) electrons. The highest BCUT2D eigenvalue weighted by Gasteiger charge is 2.41. The van der Waals surface area contributed by atoms with E-state index < -0.39 is 15.8 Å². The van der Waals surface area contributed by atoms with E-state index in [0.29, 0.717) is 50.3 Å². The monoisotopic (exact) mass is 368 g/mol. The molecular weight excluding hydrogens is 344 g/mol. The van der Waals surface area contributed by atoms with Crippen LogP contribution in [-0.2, 0) is 19.5 Å². The number of hydrogen-bond donors (Lipinski definition) is 1. The Morgan fingerprint density at radius 3 is 2.32 bits per heavy atom. The van der Waals surface area contributed by atoms with E-state index >= 15 is 0 Å². The fourth-order valence-electron chi connectivity index (χ4n) is 3.36. The molecule has 0 aliphatic carbocycles. The number of nitrogens with one attached hydrogen (secondary N) is 1. The minimum atomic E-state index is -3.62. The number of nitrogens with zero attached hydrogens (tertiary/aromatic N) is 1. The van der Waals surface area contributed by atoms with Gasteiger partial charge in [0.2, 0.25) is 10.0 Å². The van der Waals surface area contributed by atoms with Gasteiger partial charge in [0.25, 0.3) is 5.91 Å². The zero-order valence-corrected chi connectivity index (χ0v) is 15.6. The topological polar surface area (TPSA) is 84.9 Å². The van der Waals surface area contributed by atoms with Crippen molar-refractivity contribution >= 4 is 15.9 Å². The van der Waals surface area contributed by atoms with Crippen molar-refractivity contribution < 1.29 is 22.7 Å². The van der Waals surface area contributed by atoms with E-state index in [0.717, 1.165) is 5.56 Å². The van der Waals surface area contributed by atoms with E-state index in [1.165, 1.54) is 13.1 Å². The van der Waals surface area contributed by atoms with Crippen LogP contribution in [0.5, 0.6) is 0 Å².